The minimum Gasteiger partial charge on any atom is -0.465 e. The van der Waals surface area contributed by atoms with Crippen molar-refractivity contribution in [2.75, 3.05) is 5.32 Å². The Morgan fingerprint density at radius 1 is 1.05 bits per heavy atom. The number of hydrogen-bond acceptors (Lipinski definition) is 8. The van der Waals surface area contributed by atoms with Gasteiger partial charge in [-0.25, -0.2) is 4.79 Å². The van der Waals surface area contributed by atoms with Crippen LogP contribution < -0.4 is 10.6 Å². The van der Waals surface area contributed by atoms with Crippen LogP contribution in [0.2, 0.25) is 10.2 Å². The number of nitrogens with zero attached hydrogens (tertiary/aromatic N) is 7. The molecule has 2 amide bonds. The molecule has 0 bridgehead atoms. The largest absolute Gasteiger partial charge is 0.465 e. The second kappa shape index (κ2) is 13.2. The molecule has 1 unspecified atom stereocenters. The van der Waals surface area contributed by atoms with Crippen LogP contribution in [-0.2, 0) is 11.2 Å². The van der Waals surface area contributed by atoms with Gasteiger partial charge in [0.2, 0.25) is 5.91 Å². The molecule has 0 radical (unpaired) electrons. The minimum absolute atomic E-state index is 0.153. The zero-order valence-electron chi connectivity index (χ0n) is 22.5. The molecule has 2 aromatic carbocycles. The van der Waals surface area contributed by atoms with E-state index in [9.17, 15) is 9.59 Å². The van der Waals surface area contributed by atoms with Crippen molar-refractivity contribution in [2.24, 2.45) is 0 Å². The molecule has 12 nitrogen and oxygen atoms in total. The van der Waals surface area contributed by atoms with Gasteiger partial charge in [0.05, 0.1) is 17.4 Å². The number of tetrazole rings is 1. The van der Waals surface area contributed by atoms with E-state index in [2.05, 4.69) is 41.3 Å². The molecule has 0 fully saturated rings. The number of nitrogens with one attached hydrogen (secondary N) is 2. The van der Waals surface area contributed by atoms with Gasteiger partial charge in [0, 0.05) is 39.8 Å². The Balaban J connectivity index is 1.44. The number of benzene rings is 2. The molecular formula is C29H23Cl2N9O3. The van der Waals surface area contributed by atoms with Crippen LogP contribution in [0, 0.1) is 6.92 Å². The number of pyridine rings is 1. The highest BCUT2D eigenvalue weighted by molar-refractivity contribution is 6.32. The van der Waals surface area contributed by atoms with Crippen LogP contribution in [0.1, 0.15) is 28.6 Å². The Bertz CT molecular complexity index is 1780. The lowest BCUT2D eigenvalue weighted by Gasteiger charge is -2.18. The van der Waals surface area contributed by atoms with Gasteiger partial charge in [-0.2, -0.15) is 9.78 Å². The molecule has 0 spiro atoms. The molecule has 3 aromatic heterocycles. The molecule has 0 aliphatic rings. The fourth-order valence-corrected chi connectivity index (χ4v) is 4.61. The molecule has 3 N–H and O–H groups in total. The lowest BCUT2D eigenvalue weighted by atomic mass is 10.0. The quantitative estimate of drug-likeness (QED) is 0.186. The molecular weight excluding hydrogens is 593 g/mol. The topological polar surface area (TPSA) is 161 Å². The van der Waals surface area contributed by atoms with Crippen molar-refractivity contribution in [3.8, 4) is 16.8 Å². The number of hydrogen-bond donors (Lipinski definition) is 3. The van der Waals surface area contributed by atoms with Crippen LogP contribution in [0.15, 0.2) is 79.3 Å². The molecule has 14 heteroatoms. The third kappa shape index (κ3) is 7.56. The first-order valence-electron chi connectivity index (χ1n) is 12.8. The molecule has 43 heavy (non-hydrogen) atoms. The van der Waals surface area contributed by atoms with Gasteiger partial charge in [0.1, 0.15) is 6.33 Å². The number of carbonyl (C=O) groups is 2. The summed E-state index contributed by atoms with van der Waals surface area (Å²) in [6.45, 7) is 1.89. The van der Waals surface area contributed by atoms with Gasteiger partial charge in [0.15, 0.2) is 5.15 Å². The maximum Gasteiger partial charge on any atom is 0.409 e. The average molecular weight is 616 g/mol. The van der Waals surface area contributed by atoms with Crippen molar-refractivity contribution in [1.29, 1.82) is 0 Å². The van der Waals surface area contributed by atoms with E-state index in [0.717, 1.165) is 11.3 Å². The van der Waals surface area contributed by atoms with Gasteiger partial charge >= 0.3 is 6.09 Å². The zero-order chi connectivity index (χ0) is 30.3. The maximum atomic E-state index is 13.3. The minimum atomic E-state index is -1.17. The molecule has 0 aliphatic heterocycles. The van der Waals surface area contributed by atoms with E-state index in [1.54, 1.807) is 60.8 Å². The lowest BCUT2D eigenvalue weighted by Crippen LogP contribution is -2.29. The van der Waals surface area contributed by atoms with Crippen LogP contribution in [0.3, 0.4) is 0 Å². The number of anilines is 1. The van der Waals surface area contributed by atoms with Crippen molar-refractivity contribution >= 4 is 47.0 Å². The highest BCUT2D eigenvalue weighted by Crippen LogP contribution is 2.30. The molecule has 5 rings (SSSR count). The van der Waals surface area contributed by atoms with Crippen LogP contribution in [0.4, 0.5) is 10.5 Å². The van der Waals surface area contributed by atoms with E-state index in [1.807, 2.05) is 19.1 Å². The number of rotatable bonds is 9. The van der Waals surface area contributed by atoms with E-state index in [-0.39, 0.29) is 5.15 Å². The van der Waals surface area contributed by atoms with Gasteiger partial charge < -0.3 is 10.4 Å². The zero-order valence-corrected chi connectivity index (χ0v) is 24.0. The summed E-state index contributed by atoms with van der Waals surface area (Å²) in [7, 11) is 0. The Morgan fingerprint density at radius 3 is 2.56 bits per heavy atom. The Hall–Kier alpha value is -5.20. The van der Waals surface area contributed by atoms with Gasteiger partial charge in [-0.15, -0.1) is 10.2 Å². The monoisotopic (exact) mass is 615 g/mol. The van der Waals surface area contributed by atoms with Crippen molar-refractivity contribution in [2.45, 2.75) is 19.4 Å². The highest BCUT2D eigenvalue weighted by atomic mass is 35.5. The number of amides is 2. The highest BCUT2D eigenvalue weighted by Gasteiger charge is 2.20. The molecule has 0 aliphatic carbocycles. The summed E-state index contributed by atoms with van der Waals surface area (Å²) in [4.78, 5) is 28.6. The normalized spacial score (nSPS) is 11.8. The molecule has 3 heterocycles. The molecule has 1 atom stereocenters. The van der Waals surface area contributed by atoms with Crippen molar-refractivity contribution in [1.82, 2.24) is 40.7 Å². The van der Waals surface area contributed by atoms with Crippen LogP contribution in [-0.4, -0.2) is 52.5 Å². The standard InChI is InChI=1S/C29H23Cl2N9O3/c1-17-2-3-18(15-32-17)12-24(25-14-23(28(31)37-36-25)19-4-8-22(9-5-19)34-29(42)43)35-27(41)11-6-20-13-21(30)7-10-26(20)40-16-33-38-39-40/h2-11,13-16,24,34H,12H2,1H3,(H,35,41)(H,42,43). The van der Waals surface area contributed by atoms with Crippen molar-refractivity contribution in [3.05, 3.63) is 112 Å². The van der Waals surface area contributed by atoms with E-state index in [1.165, 1.54) is 17.1 Å². The SMILES string of the molecule is Cc1ccc(CC(NC(=O)C=Cc2cc(Cl)ccc2-n2cnnn2)c2cc(-c3ccc(NC(=O)O)cc3)c(Cl)nn2)cn1. The third-order valence-electron chi connectivity index (χ3n) is 6.30. The number of aryl methyl sites for hydroxylation is 1. The third-order valence-corrected chi connectivity index (χ3v) is 6.81. The Kier molecular flexibility index (Phi) is 8.99. The molecule has 0 saturated carbocycles. The van der Waals surface area contributed by atoms with Crippen molar-refractivity contribution in [3.63, 3.8) is 0 Å². The summed E-state index contributed by atoms with van der Waals surface area (Å²) in [5.41, 5.74) is 5.13. The summed E-state index contributed by atoms with van der Waals surface area (Å²) >= 11 is 12.6. The van der Waals surface area contributed by atoms with E-state index in [0.29, 0.717) is 45.2 Å². The molecule has 0 saturated heterocycles. The summed E-state index contributed by atoms with van der Waals surface area (Å²) in [5, 5.41) is 34.6. The fourth-order valence-electron chi connectivity index (χ4n) is 4.23. The van der Waals surface area contributed by atoms with E-state index in [4.69, 9.17) is 28.3 Å². The molecule has 5 aromatic rings. The summed E-state index contributed by atoms with van der Waals surface area (Å²) in [6, 6.07) is 16.8. The number of aromatic nitrogens is 7. The summed E-state index contributed by atoms with van der Waals surface area (Å²) in [5.74, 6) is -0.393. The average Bonchev–Trinajstić information content (AvgIpc) is 3.52. The Labute approximate surface area is 255 Å². The first kappa shape index (κ1) is 29.3. The first-order valence-corrected chi connectivity index (χ1v) is 13.6. The lowest BCUT2D eigenvalue weighted by molar-refractivity contribution is -0.117. The van der Waals surface area contributed by atoms with Crippen LogP contribution in [0.25, 0.3) is 22.9 Å². The molecule has 216 valence electrons. The van der Waals surface area contributed by atoms with Gasteiger partial charge in [-0.3, -0.25) is 15.1 Å². The van der Waals surface area contributed by atoms with Gasteiger partial charge in [0.25, 0.3) is 0 Å². The summed E-state index contributed by atoms with van der Waals surface area (Å²) in [6.07, 6.45) is 5.40. The van der Waals surface area contributed by atoms with Gasteiger partial charge in [-0.1, -0.05) is 41.4 Å². The van der Waals surface area contributed by atoms with Gasteiger partial charge in [-0.05, 0) is 83.4 Å². The number of carbonyl (C=O) groups excluding carboxylic acids is 1. The maximum absolute atomic E-state index is 13.3. The summed E-state index contributed by atoms with van der Waals surface area (Å²) < 4.78 is 1.47. The smallest absolute Gasteiger partial charge is 0.409 e. The number of carboxylic acid groups (broad SMARTS) is 1. The van der Waals surface area contributed by atoms with Crippen LogP contribution in [0.5, 0.6) is 0 Å². The first-order chi connectivity index (χ1) is 20.7. The van der Waals surface area contributed by atoms with E-state index < -0.39 is 18.0 Å². The second-order valence-corrected chi connectivity index (χ2v) is 10.1. The second-order valence-electron chi connectivity index (χ2n) is 9.35. The predicted molar refractivity (Wildman–Crippen MR) is 161 cm³/mol. The predicted octanol–water partition coefficient (Wildman–Crippen LogP) is 5.33. The number of halogens is 2. The Morgan fingerprint density at radius 2 is 1.86 bits per heavy atom. The van der Waals surface area contributed by atoms with Crippen LogP contribution >= 0.6 is 23.2 Å². The fraction of sp³-hybridized carbons (Fsp3) is 0.103. The van der Waals surface area contributed by atoms with E-state index >= 15 is 0 Å². The van der Waals surface area contributed by atoms with Crippen molar-refractivity contribution < 1.29 is 14.7 Å².